The Morgan fingerprint density at radius 2 is 2.17 bits per heavy atom. The van der Waals surface area contributed by atoms with E-state index < -0.39 is 23.9 Å². The zero-order chi connectivity index (χ0) is 13.3. The number of aromatic nitrogens is 1. The molecule has 0 bridgehead atoms. The third-order valence-corrected chi connectivity index (χ3v) is 2.51. The molecule has 0 saturated heterocycles. The molecule has 0 aliphatic heterocycles. The Morgan fingerprint density at radius 3 is 2.78 bits per heavy atom. The lowest BCUT2D eigenvalue weighted by Crippen LogP contribution is -2.07. The number of alkyl halides is 2. The quantitative estimate of drug-likeness (QED) is 0.856. The fourth-order valence-corrected chi connectivity index (χ4v) is 1.79. The molecule has 96 valence electrons. The maximum Gasteiger partial charge on any atom is 0.340 e. The van der Waals surface area contributed by atoms with Crippen molar-refractivity contribution in [2.45, 2.75) is 13.3 Å². The number of carbonyl (C=O) groups is 1. The molecule has 0 aliphatic rings. The summed E-state index contributed by atoms with van der Waals surface area (Å²) in [5.41, 5.74) is -1.04. The van der Waals surface area contributed by atoms with Crippen LogP contribution in [0.3, 0.4) is 0 Å². The van der Waals surface area contributed by atoms with Crippen LogP contribution in [0.5, 0.6) is 0 Å². The highest BCUT2D eigenvalue weighted by molar-refractivity contribution is 6.05. The molecule has 6 heteroatoms. The van der Waals surface area contributed by atoms with Crippen LogP contribution in [-0.4, -0.2) is 17.6 Å². The summed E-state index contributed by atoms with van der Waals surface area (Å²) in [5.74, 6) is -1.57. The monoisotopic (exact) mass is 257 g/mol. The molecule has 1 aromatic carbocycles. The molecule has 0 amide bonds. The molecule has 1 N–H and O–H groups in total. The minimum atomic E-state index is -2.91. The van der Waals surface area contributed by atoms with E-state index in [0.717, 1.165) is 6.07 Å². The molecular weight excluding hydrogens is 247 g/mol. The molecule has 2 rings (SSSR count). The first-order chi connectivity index (χ1) is 8.56. The van der Waals surface area contributed by atoms with E-state index in [9.17, 15) is 18.0 Å². The molecule has 0 unspecified atom stereocenters. The van der Waals surface area contributed by atoms with Crippen molar-refractivity contribution in [1.29, 1.82) is 0 Å². The number of ether oxygens (including phenoxy) is 1. The first-order valence-corrected chi connectivity index (χ1v) is 5.31. The van der Waals surface area contributed by atoms with Crippen molar-refractivity contribution in [3.05, 3.63) is 35.3 Å². The minimum absolute atomic E-state index is 0.0590. The van der Waals surface area contributed by atoms with Crippen molar-refractivity contribution >= 4 is 16.9 Å². The Kier molecular flexibility index (Phi) is 3.27. The Labute approximate surface area is 101 Å². The van der Waals surface area contributed by atoms with Crippen molar-refractivity contribution in [2.75, 3.05) is 6.61 Å². The predicted octanol–water partition coefficient (Wildman–Crippen LogP) is 3.42. The predicted molar refractivity (Wildman–Crippen MR) is 59.2 cm³/mol. The number of para-hydroxylation sites is 1. The van der Waals surface area contributed by atoms with Gasteiger partial charge in [0.1, 0.15) is 5.82 Å². The summed E-state index contributed by atoms with van der Waals surface area (Å²) in [6.07, 6.45) is -2.91. The average molecular weight is 257 g/mol. The topological polar surface area (TPSA) is 42.1 Å². The third kappa shape index (κ3) is 1.94. The van der Waals surface area contributed by atoms with Gasteiger partial charge in [-0.2, -0.15) is 0 Å². The fraction of sp³-hybridized carbons (Fsp3) is 0.250. The standard InChI is InChI=1S/C12H10F3NO2/c1-2-18-12(17)8-6-4-3-5-7(13)9(6)16-10(8)11(14)15/h3-5,11,16H,2H2,1H3. The smallest absolute Gasteiger partial charge is 0.340 e. The van der Waals surface area contributed by atoms with Gasteiger partial charge in [-0.1, -0.05) is 12.1 Å². The van der Waals surface area contributed by atoms with Crippen molar-refractivity contribution in [3.8, 4) is 0 Å². The Balaban J connectivity index is 2.71. The van der Waals surface area contributed by atoms with Crippen LogP contribution in [-0.2, 0) is 4.74 Å². The minimum Gasteiger partial charge on any atom is -0.462 e. The number of hydrogen-bond donors (Lipinski definition) is 1. The molecule has 3 nitrogen and oxygen atoms in total. The molecule has 0 atom stereocenters. The first kappa shape index (κ1) is 12.5. The van der Waals surface area contributed by atoms with E-state index in [0.29, 0.717) is 0 Å². The van der Waals surface area contributed by atoms with Gasteiger partial charge < -0.3 is 9.72 Å². The largest absolute Gasteiger partial charge is 0.462 e. The molecule has 1 heterocycles. The Morgan fingerprint density at radius 1 is 1.44 bits per heavy atom. The number of fused-ring (bicyclic) bond motifs is 1. The Hall–Kier alpha value is -1.98. The van der Waals surface area contributed by atoms with Crippen molar-refractivity contribution < 1.29 is 22.7 Å². The van der Waals surface area contributed by atoms with E-state index in [2.05, 4.69) is 4.98 Å². The summed E-state index contributed by atoms with van der Waals surface area (Å²) in [5, 5.41) is 0.101. The second kappa shape index (κ2) is 4.72. The van der Waals surface area contributed by atoms with Crippen molar-refractivity contribution in [2.24, 2.45) is 0 Å². The zero-order valence-electron chi connectivity index (χ0n) is 9.47. The highest BCUT2D eigenvalue weighted by Gasteiger charge is 2.26. The lowest BCUT2D eigenvalue weighted by Gasteiger charge is -2.03. The van der Waals surface area contributed by atoms with Crippen LogP contribution >= 0.6 is 0 Å². The highest BCUT2D eigenvalue weighted by Crippen LogP contribution is 2.31. The van der Waals surface area contributed by atoms with Gasteiger partial charge >= 0.3 is 5.97 Å². The van der Waals surface area contributed by atoms with Crippen LogP contribution in [0.4, 0.5) is 13.2 Å². The lowest BCUT2D eigenvalue weighted by atomic mass is 10.1. The van der Waals surface area contributed by atoms with Crippen LogP contribution in [0.15, 0.2) is 18.2 Å². The SMILES string of the molecule is CCOC(=O)c1c(C(F)F)[nH]c2c(F)cccc12. The number of halogens is 3. The second-order valence-corrected chi connectivity index (χ2v) is 3.60. The molecule has 0 spiro atoms. The molecule has 0 fully saturated rings. The highest BCUT2D eigenvalue weighted by atomic mass is 19.3. The van der Waals surface area contributed by atoms with Gasteiger partial charge in [0.25, 0.3) is 6.43 Å². The van der Waals surface area contributed by atoms with Gasteiger partial charge in [0.2, 0.25) is 0 Å². The summed E-state index contributed by atoms with van der Waals surface area (Å²) < 4.78 is 43.8. The maximum absolute atomic E-state index is 13.5. The number of rotatable bonds is 3. The first-order valence-electron chi connectivity index (χ1n) is 5.31. The van der Waals surface area contributed by atoms with Crippen LogP contribution in [0, 0.1) is 5.82 Å². The molecule has 0 saturated carbocycles. The lowest BCUT2D eigenvalue weighted by molar-refractivity contribution is 0.0517. The van der Waals surface area contributed by atoms with Gasteiger partial charge in [0, 0.05) is 5.39 Å². The van der Waals surface area contributed by atoms with E-state index in [1.54, 1.807) is 6.92 Å². The maximum atomic E-state index is 13.5. The normalized spacial score (nSPS) is 11.2. The van der Waals surface area contributed by atoms with Crippen LogP contribution in [0.1, 0.15) is 29.4 Å². The van der Waals surface area contributed by atoms with Crippen LogP contribution in [0.25, 0.3) is 10.9 Å². The number of benzene rings is 1. The number of H-pyrrole nitrogens is 1. The number of hydrogen-bond acceptors (Lipinski definition) is 2. The van der Waals surface area contributed by atoms with Gasteiger partial charge in [0.05, 0.1) is 23.4 Å². The molecule has 0 radical (unpaired) electrons. The number of esters is 1. The number of aromatic amines is 1. The van der Waals surface area contributed by atoms with Gasteiger partial charge in [-0.05, 0) is 13.0 Å². The zero-order valence-corrected chi connectivity index (χ0v) is 9.47. The van der Waals surface area contributed by atoms with Crippen molar-refractivity contribution in [3.63, 3.8) is 0 Å². The van der Waals surface area contributed by atoms with E-state index in [4.69, 9.17) is 4.74 Å². The summed E-state index contributed by atoms with van der Waals surface area (Å²) in [6, 6.07) is 3.87. The van der Waals surface area contributed by atoms with Gasteiger partial charge in [-0.3, -0.25) is 0 Å². The van der Waals surface area contributed by atoms with Gasteiger partial charge in [-0.15, -0.1) is 0 Å². The summed E-state index contributed by atoms with van der Waals surface area (Å²) in [6.45, 7) is 1.62. The molecule has 2 aromatic rings. The number of nitrogens with one attached hydrogen (secondary N) is 1. The van der Waals surface area contributed by atoms with E-state index >= 15 is 0 Å². The van der Waals surface area contributed by atoms with Crippen molar-refractivity contribution in [1.82, 2.24) is 4.98 Å². The van der Waals surface area contributed by atoms with E-state index in [1.807, 2.05) is 0 Å². The van der Waals surface area contributed by atoms with E-state index in [1.165, 1.54) is 12.1 Å². The van der Waals surface area contributed by atoms with Gasteiger partial charge in [-0.25, -0.2) is 18.0 Å². The summed E-state index contributed by atoms with van der Waals surface area (Å²) in [4.78, 5) is 13.9. The molecule has 0 aliphatic carbocycles. The van der Waals surface area contributed by atoms with E-state index in [-0.39, 0.29) is 23.1 Å². The second-order valence-electron chi connectivity index (χ2n) is 3.60. The van der Waals surface area contributed by atoms with Crippen LogP contribution in [0.2, 0.25) is 0 Å². The third-order valence-electron chi connectivity index (χ3n) is 2.51. The fourth-order valence-electron chi connectivity index (χ4n) is 1.79. The average Bonchev–Trinajstić information content (AvgIpc) is 2.70. The number of carbonyl (C=O) groups excluding carboxylic acids is 1. The van der Waals surface area contributed by atoms with Gasteiger partial charge in [0.15, 0.2) is 0 Å². The molecular formula is C12H10F3NO2. The van der Waals surface area contributed by atoms with Crippen LogP contribution < -0.4 is 0 Å². The molecule has 1 aromatic heterocycles. The summed E-state index contributed by atoms with van der Waals surface area (Å²) >= 11 is 0. The Bertz CT molecular complexity index is 592. The summed E-state index contributed by atoms with van der Waals surface area (Å²) in [7, 11) is 0. The molecule has 18 heavy (non-hydrogen) atoms.